The van der Waals surface area contributed by atoms with Crippen LogP contribution >= 0.6 is 0 Å². The monoisotopic (exact) mass is 472 g/mol. The lowest BCUT2D eigenvalue weighted by Gasteiger charge is -2.24. The highest BCUT2D eigenvalue weighted by Crippen LogP contribution is 2.20. The van der Waals surface area contributed by atoms with E-state index < -0.39 is 11.6 Å². The van der Waals surface area contributed by atoms with Crippen LogP contribution in [-0.2, 0) is 16.1 Å². The summed E-state index contributed by atoms with van der Waals surface area (Å²) in [6, 6.07) is 16.7. The number of halogens is 1. The van der Waals surface area contributed by atoms with Crippen LogP contribution in [0.1, 0.15) is 36.7 Å². The maximum atomic E-state index is 12.5. The number of ether oxygens (including phenoxy) is 2. The molecule has 7 heteroatoms. The molecule has 158 valence electrons. The van der Waals surface area contributed by atoms with E-state index in [0.29, 0.717) is 24.5 Å². The molecule has 0 aliphatic heterocycles. The molecule has 0 N–H and O–H groups in total. The van der Waals surface area contributed by atoms with E-state index in [4.69, 9.17) is 9.47 Å². The first-order chi connectivity index (χ1) is 13.9. The summed E-state index contributed by atoms with van der Waals surface area (Å²) in [5, 5.41) is 0. The number of nitrogens with zero attached hydrogens (tertiary/aromatic N) is 2. The summed E-state index contributed by atoms with van der Waals surface area (Å²) in [7, 11) is 0. The van der Waals surface area contributed by atoms with Crippen molar-refractivity contribution in [2.75, 3.05) is 6.61 Å². The lowest BCUT2D eigenvalue weighted by Crippen LogP contribution is -3.00. The molecule has 3 rings (SSSR count). The van der Waals surface area contributed by atoms with Gasteiger partial charge in [-0.15, -0.1) is 0 Å². The highest BCUT2D eigenvalue weighted by molar-refractivity contribution is 5.95. The van der Waals surface area contributed by atoms with Gasteiger partial charge in [0.15, 0.2) is 5.60 Å². The summed E-state index contributed by atoms with van der Waals surface area (Å²) in [6.45, 7) is 6.05. The smallest absolute Gasteiger partial charge is 0.349 e. The summed E-state index contributed by atoms with van der Waals surface area (Å²) in [4.78, 5) is 24.4. The highest BCUT2D eigenvalue weighted by atomic mass is 79.9. The molecular weight excluding hydrogens is 448 g/mol. The van der Waals surface area contributed by atoms with E-state index in [1.807, 2.05) is 53.2 Å². The summed E-state index contributed by atoms with van der Waals surface area (Å²) in [5.41, 5.74) is 0.628. The van der Waals surface area contributed by atoms with Gasteiger partial charge in [-0.2, -0.15) is 4.57 Å². The van der Waals surface area contributed by atoms with E-state index in [-0.39, 0.29) is 22.9 Å². The normalized spacial score (nSPS) is 10.8. The van der Waals surface area contributed by atoms with Crippen LogP contribution in [0.5, 0.6) is 5.75 Å². The molecular formula is C23H25BrN2O4. The van der Waals surface area contributed by atoms with Crippen molar-refractivity contribution >= 4 is 11.9 Å². The van der Waals surface area contributed by atoms with Gasteiger partial charge in [0.05, 0.1) is 12.2 Å². The van der Waals surface area contributed by atoms with Crippen molar-refractivity contribution in [1.82, 2.24) is 4.57 Å². The molecule has 3 aromatic rings. The molecule has 0 unspecified atom stereocenters. The summed E-state index contributed by atoms with van der Waals surface area (Å²) in [6.07, 6.45) is 5.37. The molecule has 0 fully saturated rings. The zero-order valence-corrected chi connectivity index (χ0v) is 18.8. The van der Waals surface area contributed by atoms with Crippen LogP contribution in [0.3, 0.4) is 0 Å². The number of imidazole rings is 1. The third-order valence-corrected chi connectivity index (χ3v) is 4.38. The Bertz CT molecular complexity index is 982. The van der Waals surface area contributed by atoms with E-state index in [0.717, 1.165) is 5.56 Å². The molecule has 0 saturated heterocycles. The number of carbonyl (C=O) groups is 2. The van der Waals surface area contributed by atoms with E-state index in [2.05, 4.69) is 0 Å². The fourth-order valence-corrected chi connectivity index (χ4v) is 2.85. The Morgan fingerprint density at radius 2 is 1.70 bits per heavy atom. The number of esters is 1. The Balaban J connectivity index is 0.00000320. The fourth-order valence-electron chi connectivity index (χ4n) is 2.85. The number of hydrogen-bond acceptors (Lipinski definition) is 4. The van der Waals surface area contributed by atoms with Gasteiger partial charge in [-0.05, 0) is 50.6 Å². The molecule has 0 amide bonds. The first-order valence-electron chi connectivity index (χ1n) is 9.51. The molecule has 0 aliphatic carbocycles. The third kappa shape index (κ3) is 5.79. The van der Waals surface area contributed by atoms with Gasteiger partial charge in [-0.1, -0.05) is 30.3 Å². The minimum Gasteiger partial charge on any atom is -1.00 e. The lowest BCUT2D eigenvalue weighted by atomic mass is 10.1. The van der Waals surface area contributed by atoms with Crippen molar-refractivity contribution in [1.29, 1.82) is 0 Å². The van der Waals surface area contributed by atoms with Gasteiger partial charge in [0, 0.05) is 0 Å². The molecule has 30 heavy (non-hydrogen) atoms. The van der Waals surface area contributed by atoms with Crippen molar-refractivity contribution in [2.45, 2.75) is 32.9 Å². The Hall–Kier alpha value is -2.93. The van der Waals surface area contributed by atoms with Gasteiger partial charge in [0.2, 0.25) is 0 Å². The molecule has 1 heterocycles. The fraction of sp³-hybridized carbons (Fsp3) is 0.261. The predicted molar refractivity (Wildman–Crippen MR) is 108 cm³/mol. The van der Waals surface area contributed by atoms with Crippen LogP contribution in [0.4, 0.5) is 0 Å². The minimum absolute atomic E-state index is 0. The van der Waals surface area contributed by atoms with E-state index in [1.165, 1.54) is 0 Å². The van der Waals surface area contributed by atoms with E-state index in [1.54, 1.807) is 50.0 Å². The minimum atomic E-state index is -1.05. The van der Waals surface area contributed by atoms with Crippen molar-refractivity contribution in [3.8, 4) is 5.75 Å². The molecule has 0 atom stereocenters. The average molecular weight is 473 g/mol. The van der Waals surface area contributed by atoms with Crippen LogP contribution in [0.25, 0.3) is 0 Å². The second-order valence-corrected chi connectivity index (χ2v) is 7.14. The Kier molecular flexibility index (Phi) is 7.94. The maximum Gasteiger partial charge on any atom is 0.349 e. The van der Waals surface area contributed by atoms with Crippen LogP contribution in [0, 0.1) is 0 Å². The second-order valence-electron chi connectivity index (χ2n) is 7.14. The molecule has 0 saturated carbocycles. The highest BCUT2D eigenvalue weighted by Gasteiger charge is 2.31. The van der Waals surface area contributed by atoms with Crippen LogP contribution in [-0.4, -0.2) is 28.7 Å². The largest absolute Gasteiger partial charge is 1.00 e. The van der Waals surface area contributed by atoms with Crippen molar-refractivity contribution < 1.29 is 40.6 Å². The molecule has 1 aromatic heterocycles. The van der Waals surface area contributed by atoms with Crippen molar-refractivity contribution in [2.24, 2.45) is 0 Å². The predicted octanol–water partition coefficient (Wildman–Crippen LogP) is 0.237. The van der Waals surface area contributed by atoms with Crippen LogP contribution < -0.4 is 26.3 Å². The third-order valence-electron chi connectivity index (χ3n) is 4.38. The molecule has 2 aromatic carbocycles. The van der Waals surface area contributed by atoms with E-state index >= 15 is 0 Å². The Morgan fingerprint density at radius 1 is 1.03 bits per heavy atom. The summed E-state index contributed by atoms with van der Waals surface area (Å²) >= 11 is 0. The summed E-state index contributed by atoms with van der Waals surface area (Å²) < 4.78 is 14.3. The molecule has 0 aliphatic rings. The van der Waals surface area contributed by atoms with Crippen LogP contribution in [0.15, 0.2) is 73.3 Å². The molecule has 0 bridgehead atoms. The number of benzene rings is 2. The number of aromatic nitrogens is 2. The molecule has 0 radical (unpaired) electrons. The number of rotatable bonds is 7. The van der Waals surface area contributed by atoms with E-state index in [9.17, 15) is 9.59 Å². The summed E-state index contributed by atoms with van der Waals surface area (Å²) in [5.74, 6) is 0.118. The topological polar surface area (TPSA) is 61.4 Å². The SMILES string of the molecule is CCOC(=O)C(C)(C)Oc1ccc(C[n+]2ccn(C(=O)c3ccccc3)c2)cc1.[Br-]. The zero-order chi connectivity index (χ0) is 20.9. The molecule has 0 spiro atoms. The maximum absolute atomic E-state index is 12.5. The standard InChI is InChI=1S/C23H25N2O4.BrH/c1-4-28-22(27)23(2,3)29-20-12-10-18(11-13-20)16-24-14-15-25(17-24)21(26)19-8-6-5-7-9-19;/h5-15,17H,4,16H2,1-3H3;1H/q+1;/p-1. The molecule has 6 nitrogen and oxygen atoms in total. The number of hydrogen-bond donors (Lipinski definition) is 0. The first-order valence-corrected chi connectivity index (χ1v) is 9.51. The van der Waals surface area contributed by atoms with Gasteiger partial charge < -0.3 is 26.5 Å². The van der Waals surface area contributed by atoms with Gasteiger partial charge in [0.25, 0.3) is 6.33 Å². The second kappa shape index (κ2) is 10.2. The van der Waals surface area contributed by atoms with Gasteiger partial charge in [-0.3, -0.25) is 0 Å². The van der Waals surface area contributed by atoms with Crippen molar-refractivity contribution in [3.05, 3.63) is 84.4 Å². The van der Waals surface area contributed by atoms with Crippen molar-refractivity contribution in [3.63, 3.8) is 0 Å². The Labute approximate surface area is 186 Å². The Morgan fingerprint density at radius 3 is 2.33 bits per heavy atom. The van der Waals surface area contributed by atoms with Crippen LogP contribution in [0.2, 0.25) is 0 Å². The quantitative estimate of drug-likeness (QED) is 0.365. The first kappa shape index (κ1) is 23.3. The van der Waals surface area contributed by atoms with Gasteiger partial charge >= 0.3 is 11.9 Å². The van der Waals surface area contributed by atoms with Gasteiger partial charge in [-0.25, -0.2) is 14.2 Å². The number of carbonyl (C=O) groups excluding carboxylic acids is 2. The zero-order valence-electron chi connectivity index (χ0n) is 17.2. The lowest BCUT2D eigenvalue weighted by molar-refractivity contribution is -0.687. The van der Waals surface area contributed by atoms with Gasteiger partial charge in [0.1, 0.15) is 24.7 Å². The average Bonchev–Trinajstić information content (AvgIpc) is 3.18.